The van der Waals surface area contributed by atoms with E-state index >= 15 is 0 Å². The van der Waals surface area contributed by atoms with Crippen molar-refractivity contribution in [2.45, 2.75) is 30.4 Å². The summed E-state index contributed by atoms with van der Waals surface area (Å²) < 4.78 is 27.0. The molecule has 0 spiro atoms. The molecule has 0 aliphatic carbocycles. The maximum Gasteiger partial charge on any atom is 0.348 e. The lowest BCUT2D eigenvalue weighted by Crippen LogP contribution is -2.10. The summed E-state index contributed by atoms with van der Waals surface area (Å²) in [6.07, 6.45) is 2.86. The molecule has 17 heavy (non-hydrogen) atoms. The van der Waals surface area contributed by atoms with Gasteiger partial charge < -0.3 is 4.74 Å². The molecule has 7 heteroatoms. The molecule has 5 nitrogen and oxygen atoms in total. The number of sulfonamides is 1. The Bertz CT molecular complexity index is 478. The zero-order valence-electron chi connectivity index (χ0n) is 9.51. The fourth-order valence-electron chi connectivity index (χ4n) is 1.17. The van der Waals surface area contributed by atoms with E-state index in [1.165, 1.54) is 12.1 Å². The number of hydrogen-bond acceptors (Lipinski definition) is 5. The van der Waals surface area contributed by atoms with Gasteiger partial charge in [-0.1, -0.05) is 19.8 Å². The molecule has 0 atom stereocenters. The van der Waals surface area contributed by atoms with E-state index in [0.717, 1.165) is 30.6 Å². The van der Waals surface area contributed by atoms with Crippen molar-refractivity contribution < 1.29 is 17.9 Å². The summed E-state index contributed by atoms with van der Waals surface area (Å²) in [4.78, 5) is 11.8. The van der Waals surface area contributed by atoms with Gasteiger partial charge in [0, 0.05) is 0 Å². The van der Waals surface area contributed by atoms with Gasteiger partial charge in [0.2, 0.25) is 10.0 Å². The first-order valence-electron chi connectivity index (χ1n) is 5.25. The monoisotopic (exact) mass is 277 g/mol. The summed E-state index contributed by atoms with van der Waals surface area (Å²) in [5, 5.41) is 4.94. The number of primary sulfonamides is 1. The summed E-state index contributed by atoms with van der Waals surface area (Å²) in [7, 11) is -3.73. The molecule has 0 saturated carbocycles. The Morgan fingerprint density at radius 2 is 2.12 bits per heavy atom. The van der Waals surface area contributed by atoms with Crippen LogP contribution in [-0.2, 0) is 14.8 Å². The SMILES string of the molecule is CCCCCOC(=O)c1ccc(S(N)(=O)=O)s1. The van der Waals surface area contributed by atoms with Crippen LogP contribution < -0.4 is 5.14 Å². The lowest BCUT2D eigenvalue weighted by Gasteiger charge is -2.01. The molecule has 0 unspecified atom stereocenters. The Hall–Kier alpha value is -0.920. The number of hydrogen-bond donors (Lipinski definition) is 1. The molecule has 0 amide bonds. The molecule has 0 saturated heterocycles. The van der Waals surface area contributed by atoms with Crippen LogP contribution in [0.25, 0.3) is 0 Å². The predicted octanol–water partition coefficient (Wildman–Crippen LogP) is 1.74. The Morgan fingerprint density at radius 3 is 2.65 bits per heavy atom. The number of esters is 1. The number of ether oxygens (including phenoxy) is 1. The third kappa shape index (κ3) is 4.45. The lowest BCUT2D eigenvalue weighted by molar-refractivity contribution is 0.0504. The normalized spacial score (nSPS) is 11.4. The van der Waals surface area contributed by atoms with Gasteiger partial charge in [0.1, 0.15) is 9.09 Å². The minimum Gasteiger partial charge on any atom is -0.462 e. The molecule has 1 aromatic rings. The van der Waals surface area contributed by atoms with Gasteiger partial charge in [0.25, 0.3) is 0 Å². The molecule has 1 aromatic heterocycles. The summed E-state index contributed by atoms with van der Waals surface area (Å²) in [5.74, 6) is -0.499. The highest BCUT2D eigenvalue weighted by atomic mass is 32.2. The lowest BCUT2D eigenvalue weighted by atomic mass is 10.3. The summed E-state index contributed by atoms with van der Waals surface area (Å²) in [6, 6.07) is 2.72. The fourth-order valence-corrected chi connectivity index (χ4v) is 2.79. The van der Waals surface area contributed by atoms with Gasteiger partial charge in [-0.2, -0.15) is 0 Å². The first kappa shape index (κ1) is 14.1. The molecule has 0 fully saturated rings. The molecular formula is C10H15NO4S2. The van der Waals surface area contributed by atoms with Crippen LogP contribution in [0.3, 0.4) is 0 Å². The molecular weight excluding hydrogens is 262 g/mol. The van der Waals surface area contributed by atoms with Crippen molar-refractivity contribution in [3.8, 4) is 0 Å². The van der Waals surface area contributed by atoms with Crippen molar-refractivity contribution in [2.24, 2.45) is 5.14 Å². The van der Waals surface area contributed by atoms with Crippen LogP contribution >= 0.6 is 11.3 Å². The third-order valence-electron chi connectivity index (χ3n) is 2.04. The zero-order valence-corrected chi connectivity index (χ0v) is 11.1. The number of thiophene rings is 1. The minimum absolute atomic E-state index is 0.0296. The summed E-state index contributed by atoms with van der Waals surface area (Å²) in [6.45, 7) is 2.41. The van der Waals surface area contributed by atoms with Crippen molar-refractivity contribution in [1.29, 1.82) is 0 Å². The Labute approximate surface area is 105 Å². The van der Waals surface area contributed by atoms with Crippen molar-refractivity contribution in [1.82, 2.24) is 0 Å². The largest absolute Gasteiger partial charge is 0.462 e. The standard InChI is InChI=1S/C10H15NO4S2/c1-2-3-4-7-15-10(12)8-5-6-9(16-8)17(11,13)14/h5-6H,2-4,7H2,1H3,(H2,11,13,14). The molecule has 0 radical (unpaired) electrons. The van der Waals surface area contributed by atoms with E-state index in [-0.39, 0.29) is 9.09 Å². The summed E-state index contributed by atoms with van der Waals surface area (Å²) >= 11 is 0.824. The van der Waals surface area contributed by atoms with Gasteiger partial charge in [-0.3, -0.25) is 0 Å². The van der Waals surface area contributed by atoms with Crippen LogP contribution in [0, 0.1) is 0 Å². The molecule has 1 rings (SSSR count). The topological polar surface area (TPSA) is 86.5 Å². The minimum atomic E-state index is -3.73. The fraction of sp³-hybridized carbons (Fsp3) is 0.500. The van der Waals surface area contributed by atoms with Gasteiger partial charge >= 0.3 is 5.97 Å². The Kier molecular flexibility index (Phi) is 5.10. The first-order valence-corrected chi connectivity index (χ1v) is 7.61. The van der Waals surface area contributed by atoms with Crippen LogP contribution in [0.15, 0.2) is 16.3 Å². The van der Waals surface area contributed by atoms with E-state index < -0.39 is 16.0 Å². The second-order valence-electron chi connectivity index (χ2n) is 3.51. The average Bonchev–Trinajstić information content (AvgIpc) is 2.72. The van der Waals surface area contributed by atoms with E-state index in [1.54, 1.807) is 0 Å². The quantitative estimate of drug-likeness (QED) is 0.634. The van der Waals surface area contributed by atoms with E-state index in [9.17, 15) is 13.2 Å². The van der Waals surface area contributed by atoms with E-state index in [1.807, 2.05) is 0 Å². The molecule has 0 aliphatic rings. The van der Waals surface area contributed by atoms with E-state index in [0.29, 0.717) is 6.61 Å². The number of nitrogens with two attached hydrogens (primary N) is 1. The molecule has 2 N–H and O–H groups in total. The molecule has 1 heterocycles. The maximum absolute atomic E-state index is 11.5. The van der Waals surface area contributed by atoms with E-state index in [2.05, 4.69) is 6.92 Å². The molecule has 0 bridgehead atoms. The molecule has 96 valence electrons. The maximum atomic E-state index is 11.5. The average molecular weight is 277 g/mol. The highest BCUT2D eigenvalue weighted by Gasteiger charge is 2.16. The Morgan fingerprint density at radius 1 is 1.41 bits per heavy atom. The Balaban J connectivity index is 2.56. The van der Waals surface area contributed by atoms with Crippen LogP contribution in [0.5, 0.6) is 0 Å². The van der Waals surface area contributed by atoms with Crippen LogP contribution in [0.2, 0.25) is 0 Å². The van der Waals surface area contributed by atoms with Crippen molar-refractivity contribution in [3.05, 3.63) is 17.0 Å². The van der Waals surface area contributed by atoms with Gasteiger partial charge in [-0.15, -0.1) is 11.3 Å². The number of unbranched alkanes of at least 4 members (excludes halogenated alkanes) is 2. The zero-order chi connectivity index (χ0) is 12.9. The van der Waals surface area contributed by atoms with Crippen LogP contribution in [-0.4, -0.2) is 21.0 Å². The van der Waals surface area contributed by atoms with Gasteiger partial charge in [-0.05, 0) is 18.6 Å². The summed E-state index contributed by atoms with van der Waals surface area (Å²) in [5.41, 5.74) is 0. The third-order valence-corrected chi connectivity index (χ3v) is 4.55. The molecule has 0 aliphatic heterocycles. The van der Waals surface area contributed by atoms with Crippen molar-refractivity contribution in [2.75, 3.05) is 6.61 Å². The van der Waals surface area contributed by atoms with Crippen LogP contribution in [0.1, 0.15) is 35.9 Å². The highest BCUT2D eigenvalue weighted by molar-refractivity contribution is 7.91. The van der Waals surface area contributed by atoms with Gasteiger partial charge in [0.15, 0.2) is 0 Å². The smallest absolute Gasteiger partial charge is 0.348 e. The van der Waals surface area contributed by atoms with E-state index in [4.69, 9.17) is 9.88 Å². The molecule has 0 aromatic carbocycles. The van der Waals surface area contributed by atoms with Gasteiger partial charge in [0.05, 0.1) is 6.61 Å². The number of rotatable bonds is 6. The van der Waals surface area contributed by atoms with Crippen molar-refractivity contribution in [3.63, 3.8) is 0 Å². The number of carbonyl (C=O) groups excluding carboxylic acids is 1. The van der Waals surface area contributed by atoms with Crippen molar-refractivity contribution >= 4 is 27.3 Å². The number of carbonyl (C=O) groups is 1. The second kappa shape index (κ2) is 6.13. The predicted molar refractivity (Wildman–Crippen MR) is 65.5 cm³/mol. The highest BCUT2D eigenvalue weighted by Crippen LogP contribution is 2.21. The van der Waals surface area contributed by atoms with Gasteiger partial charge in [-0.25, -0.2) is 18.4 Å². The first-order chi connectivity index (χ1) is 7.95. The van der Waals surface area contributed by atoms with Crippen LogP contribution in [0.4, 0.5) is 0 Å². The second-order valence-corrected chi connectivity index (χ2v) is 6.38.